The van der Waals surface area contributed by atoms with Crippen molar-refractivity contribution >= 4 is 10.0 Å². The Kier molecular flexibility index (Phi) is 6.74. The molecule has 8 heteroatoms. The number of hydrogen-bond donors (Lipinski definition) is 0. The number of rotatable bonds is 7. The fraction of sp³-hybridized carbons (Fsp3) is 0.391. The van der Waals surface area contributed by atoms with Gasteiger partial charge in [0.2, 0.25) is 10.0 Å². The van der Waals surface area contributed by atoms with Crippen LogP contribution in [0.15, 0.2) is 67.3 Å². The molecule has 2 aromatic rings. The molecule has 0 bridgehead atoms. The largest absolute Gasteiger partial charge is 0.457 e. The summed E-state index contributed by atoms with van der Waals surface area (Å²) in [6, 6.07) is 16.7. The molecule has 7 nitrogen and oxygen atoms in total. The van der Waals surface area contributed by atoms with E-state index in [9.17, 15) is 8.42 Å². The Morgan fingerprint density at radius 1 is 1.06 bits per heavy atom. The van der Waals surface area contributed by atoms with Gasteiger partial charge >= 0.3 is 0 Å². The van der Waals surface area contributed by atoms with Gasteiger partial charge in [-0.3, -0.25) is 9.74 Å². The summed E-state index contributed by atoms with van der Waals surface area (Å²) in [5.74, 6) is 1.40. The minimum Gasteiger partial charge on any atom is -0.457 e. The van der Waals surface area contributed by atoms with Crippen LogP contribution in [0.3, 0.4) is 0 Å². The van der Waals surface area contributed by atoms with Gasteiger partial charge in [0.1, 0.15) is 16.7 Å². The molecule has 0 radical (unpaired) electrons. The molecule has 0 aromatic heterocycles. The Bertz CT molecular complexity index is 991. The summed E-state index contributed by atoms with van der Waals surface area (Å²) in [7, 11) is -1.74. The first-order valence-electron chi connectivity index (χ1n) is 10.5. The molecule has 4 rings (SSSR count). The van der Waals surface area contributed by atoms with Crippen molar-refractivity contribution in [2.24, 2.45) is 0 Å². The standard InChI is InChI=1S/C23H29N3O4S/c1-3-12-25-13-15-26(16-14-25)31(27,28)22-18-29-24(2)23(22)19-8-7-11-21(17-19)30-20-9-5-4-6-10-20/h3-11,17,22-23H,1,12-16,18H2,2H3. The number of hydrogen-bond acceptors (Lipinski definition) is 6. The highest BCUT2D eigenvalue weighted by molar-refractivity contribution is 7.89. The summed E-state index contributed by atoms with van der Waals surface area (Å²) in [5, 5.41) is 0.980. The number of benzene rings is 2. The second-order valence-electron chi connectivity index (χ2n) is 7.85. The highest BCUT2D eigenvalue weighted by Gasteiger charge is 2.46. The molecule has 2 aromatic carbocycles. The van der Waals surface area contributed by atoms with E-state index < -0.39 is 21.3 Å². The summed E-state index contributed by atoms with van der Waals surface area (Å²) >= 11 is 0. The summed E-state index contributed by atoms with van der Waals surface area (Å²) in [6.45, 7) is 7.07. The highest BCUT2D eigenvalue weighted by atomic mass is 32.2. The van der Waals surface area contributed by atoms with Gasteiger partial charge in [0.05, 0.1) is 12.6 Å². The van der Waals surface area contributed by atoms with Crippen LogP contribution in [0.1, 0.15) is 11.6 Å². The first-order chi connectivity index (χ1) is 15.0. The summed E-state index contributed by atoms with van der Waals surface area (Å²) in [4.78, 5) is 7.90. The maximum Gasteiger partial charge on any atom is 0.221 e. The lowest BCUT2D eigenvalue weighted by atomic mass is 10.0. The van der Waals surface area contributed by atoms with E-state index in [1.807, 2.05) is 60.7 Å². The van der Waals surface area contributed by atoms with Crippen molar-refractivity contribution < 1.29 is 18.0 Å². The Labute approximate surface area is 184 Å². The van der Waals surface area contributed by atoms with Crippen molar-refractivity contribution in [3.63, 3.8) is 0 Å². The minimum absolute atomic E-state index is 0.139. The number of ether oxygens (including phenoxy) is 1. The summed E-state index contributed by atoms with van der Waals surface area (Å²) in [5.41, 5.74) is 0.854. The number of nitrogens with zero attached hydrogens (tertiary/aromatic N) is 3. The first kappa shape index (κ1) is 22.0. The second kappa shape index (κ2) is 9.50. The predicted octanol–water partition coefficient (Wildman–Crippen LogP) is 2.90. The fourth-order valence-electron chi connectivity index (χ4n) is 4.20. The molecule has 0 aliphatic carbocycles. The van der Waals surface area contributed by atoms with E-state index in [0.29, 0.717) is 31.9 Å². The lowest BCUT2D eigenvalue weighted by molar-refractivity contribution is -0.110. The third-order valence-corrected chi connectivity index (χ3v) is 8.07. The van der Waals surface area contributed by atoms with Crippen LogP contribution in [-0.2, 0) is 14.9 Å². The zero-order valence-electron chi connectivity index (χ0n) is 17.8. The van der Waals surface area contributed by atoms with Gasteiger partial charge in [0.25, 0.3) is 0 Å². The fourth-order valence-corrected chi connectivity index (χ4v) is 6.14. The van der Waals surface area contributed by atoms with E-state index in [1.54, 1.807) is 16.4 Å². The van der Waals surface area contributed by atoms with E-state index in [1.165, 1.54) is 0 Å². The van der Waals surface area contributed by atoms with Crippen LogP contribution in [0.5, 0.6) is 11.5 Å². The summed E-state index contributed by atoms with van der Waals surface area (Å²) < 4.78 is 34.6. The van der Waals surface area contributed by atoms with Crippen LogP contribution < -0.4 is 4.74 Å². The maximum atomic E-state index is 13.5. The topological polar surface area (TPSA) is 62.3 Å². The average molecular weight is 444 g/mol. The molecule has 2 saturated heterocycles. The van der Waals surface area contributed by atoms with Gasteiger partial charge < -0.3 is 4.74 Å². The molecule has 0 N–H and O–H groups in total. The van der Waals surface area contributed by atoms with Crippen LogP contribution in [0.2, 0.25) is 0 Å². The van der Waals surface area contributed by atoms with Crippen molar-refractivity contribution in [2.75, 3.05) is 46.4 Å². The lowest BCUT2D eigenvalue weighted by Gasteiger charge is -2.35. The molecular formula is C23H29N3O4S. The van der Waals surface area contributed by atoms with Gasteiger partial charge in [-0.25, -0.2) is 8.42 Å². The van der Waals surface area contributed by atoms with Crippen LogP contribution in [0.25, 0.3) is 0 Å². The predicted molar refractivity (Wildman–Crippen MR) is 120 cm³/mol. The van der Waals surface area contributed by atoms with E-state index in [-0.39, 0.29) is 6.61 Å². The van der Waals surface area contributed by atoms with Gasteiger partial charge in [-0.05, 0) is 29.8 Å². The molecule has 2 atom stereocenters. The quantitative estimate of drug-likeness (QED) is 0.614. The maximum absolute atomic E-state index is 13.5. The first-order valence-corrected chi connectivity index (χ1v) is 12.0. The number of piperazine rings is 1. The molecule has 166 valence electrons. The van der Waals surface area contributed by atoms with Crippen molar-refractivity contribution in [3.05, 3.63) is 72.8 Å². The minimum atomic E-state index is -3.53. The number of para-hydroxylation sites is 1. The van der Waals surface area contributed by atoms with E-state index >= 15 is 0 Å². The summed E-state index contributed by atoms with van der Waals surface area (Å²) in [6.07, 6.45) is 1.85. The normalized spacial score (nSPS) is 23.6. The molecule has 0 spiro atoms. The van der Waals surface area contributed by atoms with Gasteiger partial charge in [-0.2, -0.15) is 9.37 Å². The van der Waals surface area contributed by atoms with E-state index in [2.05, 4.69) is 11.5 Å². The molecule has 2 fully saturated rings. The van der Waals surface area contributed by atoms with Crippen molar-refractivity contribution in [3.8, 4) is 11.5 Å². The molecule has 0 amide bonds. The third-order valence-electron chi connectivity index (χ3n) is 5.83. The second-order valence-corrected chi connectivity index (χ2v) is 10.00. The van der Waals surface area contributed by atoms with E-state index in [0.717, 1.165) is 17.9 Å². The van der Waals surface area contributed by atoms with Crippen LogP contribution in [0.4, 0.5) is 0 Å². The molecule has 31 heavy (non-hydrogen) atoms. The SMILES string of the molecule is C=CCN1CCN(S(=O)(=O)C2CON(C)C2c2cccc(Oc3ccccc3)c2)CC1. The number of hydroxylamine groups is 2. The third kappa shape index (κ3) is 4.83. The smallest absolute Gasteiger partial charge is 0.221 e. The van der Waals surface area contributed by atoms with Gasteiger partial charge in [0, 0.05) is 39.8 Å². The zero-order valence-corrected chi connectivity index (χ0v) is 18.6. The zero-order chi connectivity index (χ0) is 21.8. The van der Waals surface area contributed by atoms with E-state index in [4.69, 9.17) is 9.57 Å². The molecule has 2 aliphatic rings. The monoisotopic (exact) mass is 443 g/mol. The van der Waals surface area contributed by atoms with Crippen molar-refractivity contribution in [1.29, 1.82) is 0 Å². The van der Waals surface area contributed by atoms with Crippen LogP contribution in [-0.4, -0.2) is 74.3 Å². The Morgan fingerprint density at radius 2 is 1.77 bits per heavy atom. The Balaban J connectivity index is 1.54. The highest BCUT2D eigenvalue weighted by Crippen LogP contribution is 2.37. The van der Waals surface area contributed by atoms with Gasteiger partial charge in [0.15, 0.2) is 0 Å². The van der Waals surface area contributed by atoms with Gasteiger partial charge in [-0.15, -0.1) is 6.58 Å². The lowest BCUT2D eigenvalue weighted by Crippen LogP contribution is -2.52. The van der Waals surface area contributed by atoms with Gasteiger partial charge in [-0.1, -0.05) is 36.4 Å². The van der Waals surface area contributed by atoms with Crippen molar-refractivity contribution in [1.82, 2.24) is 14.3 Å². The molecule has 0 saturated carbocycles. The van der Waals surface area contributed by atoms with Crippen LogP contribution >= 0.6 is 0 Å². The average Bonchev–Trinajstić information content (AvgIpc) is 3.18. The molecular weight excluding hydrogens is 414 g/mol. The van der Waals surface area contributed by atoms with Crippen LogP contribution in [0, 0.1) is 0 Å². The molecule has 2 unspecified atom stereocenters. The Morgan fingerprint density at radius 3 is 2.48 bits per heavy atom. The van der Waals surface area contributed by atoms with Crippen molar-refractivity contribution in [2.45, 2.75) is 11.3 Å². The number of sulfonamides is 1. The molecule has 2 heterocycles. The Hall–Kier alpha value is -2.23. The molecule has 2 aliphatic heterocycles.